The Labute approximate surface area is 116 Å². The second-order valence-corrected chi connectivity index (χ2v) is 4.48. The third-order valence-electron chi connectivity index (χ3n) is 2.95. The zero-order valence-corrected chi connectivity index (χ0v) is 11.8. The van der Waals surface area contributed by atoms with Gasteiger partial charge in [0.25, 0.3) is 0 Å². The van der Waals surface area contributed by atoms with Crippen LogP contribution in [0.15, 0.2) is 24.3 Å². The Morgan fingerprint density at radius 2 is 1.17 bits per heavy atom. The molecule has 0 heterocycles. The van der Waals surface area contributed by atoms with E-state index < -0.39 is 0 Å². The second kappa shape index (κ2) is 5.68. The summed E-state index contributed by atoms with van der Waals surface area (Å²) < 4.78 is 10.6. The van der Waals surface area contributed by atoms with Crippen LogP contribution < -0.4 is 9.47 Å². The number of halogens is 2. The fourth-order valence-corrected chi connectivity index (χ4v) is 2.47. The molecule has 0 unspecified atom stereocenters. The molecule has 0 aromatic heterocycles. The number of rotatable bonds is 4. The Balaban J connectivity index is 2.69. The van der Waals surface area contributed by atoms with Gasteiger partial charge in [-0.1, -0.05) is 0 Å². The van der Waals surface area contributed by atoms with Gasteiger partial charge in [-0.2, -0.15) is 0 Å². The SMILES string of the molecule is COc1cc2cc(CCl)c(CCl)cc2cc1OC. The summed E-state index contributed by atoms with van der Waals surface area (Å²) in [5, 5.41) is 2.13. The lowest BCUT2D eigenvalue weighted by atomic mass is 10.0. The zero-order chi connectivity index (χ0) is 13.1. The van der Waals surface area contributed by atoms with Crippen LogP contribution in [0, 0.1) is 0 Å². The highest BCUT2D eigenvalue weighted by Gasteiger charge is 2.09. The van der Waals surface area contributed by atoms with Crippen LogP contribution in [-0.4, -0.2) is 14.2 Å². The molecular weight excluding hydrogens is 271 g/mol. The maximum absolute atomic E-state index is 5.93. The highest BCUT2D eigenvalue weighted by molar-refractivity contribution is 6.19. The molecule has 2 aromatic rings. The molecule has 0 saturated carbocycles. The van der Waals surface area contributed by atoms with E-state index in [1.165, 1.54) is 0 Å². The summed E-state index contributed by atoms with van der Waals surface area (Å²) in [4.78, 5) is 0. The van der Waals surface area contributed by atoms with Crippen molar-refractivity contribution in [2.24, 2.45) is 0 Å². The van der Waals surface area contributed by atoms with Crippen LogP contribution in [-0.2, 0) is 11.8 Å². The first kappa shape index (κ1) is 13.3. The summed E-state index contributed by atoms with van der Waals surface area (Å²) in [6, 6.07) is 7.98. The van der Waals surface area contributed by atoms with Crippen LogP contribution >= 0.6 is 23.2 Å². The number of methoxy groups -OCH3 is 2. The molecule has 0 amide bonds. The lowest BCUT2D eigenvalue weighted by molar-refractivity contribution is 0.356. The van der Waals surface area contributed by atoms with Gasteiger partial charge in [-0.05, 0) is 46.2 Å². The normalized spacial score (nSPS) is 10.7. The zero-order valence-electron chi connectivity index (χ0n) is 10.3. The number of fused-ring (bicyclic) bond motifs is 1. The molecule has 0 aliphatic heterocycles. The molecule has 0 bridgehead atoms. The van der Waals surface area contributed by atoms with Crippen LogP contribution in [0.5, 0.6) is 11.5 Å². The van der Waals surface area contributed by atoms with Gasteiger partial charge in [0.1, 0.15) is 0 Å². The first-order valence-electron chi connectivity index (χ1n) is 5.53. The van der Waals surface area contributed by atoms with Crippen LogP contribution in [0.1, 0.15) is 11.1 Å². The van der Waals surface area contributed by atoms with Crippen molar-refractivity contribution in [1.82, 2.24) is 0 Å². The minimum Gasteiger partial charge on any atom is -0.493 e. The number of hydrogen-bond acceptors (Lipinski definition) is 2. The average molecular weight is 285 g/mol. The van der Waals surface area contributed by atoms with E-state index in [9.17, 15) is 0 Å². The minimum atomic E-state index is 0.451. The molecule has 0 fully saturated rings. The molecule has 0 aliphatic rings. The predicted molar refractivity (Wildman–Crippen MR) is 76.2 cm³/mol. The van der Waals surface area contributed by atoms with E-state index in [1.807, 2.05) is 24.3 Å². The lowest BCUT2D eigenvalue weighted by Crippen LogP contribution is -1.93. The molecule has 0 radical (unpaired) electrons. The summed E-state index contributed by atoms with van der Waals surface area (Å²) in [6.45, 7) is 0. The summed E-state index contributed by atoms with van der Waals surface area (Å²) in [7, 11) is 3.25. The summed E-state index contributed by atoms with van der Waals surface area (Å²) >= 11 is 11.9. The number of ether oxygens (including phenoxy) is 2. The van der Waals surface area contributed by atoms with Gasteiger partial charge in [0.2, 0.25) is 0 Å². The topological polar surface area (TPSA) is 18.5 Å². The molecule has 0 spiro atoms. The molecule has 0 aliphatic carbocycles. The molecule has 2 aromatic carbocycles. The van der Waals surface area contributed by atoms with Crippen LogP contribution in [0.4, 0.5) is 0 Å². The molecular formula is C14H14Cl2O2. The highest BCUT2D eigenvalue weighted by atomic mass is 35.5. The summed E-state index contributed by atoms with van der Waals surface area (Å²) in [6.07, 6.45) is 0. The van der Waals surface area contributed by atoms with E-state index in [2.05, 4.69) is 0 Å². The molecule has 0 N–H and O–H groups in total. The van der Waals surface area contributed by atoms with Crippen molar-refractivity contribution in [1.29, 1.82) is 0 Å². The Morgan fingerprint density at radius 1 is 0.778 bits per heavy atom. The van der Waals surface area contributed by atoms with Crippen molar-refractivity contribution in [3.05, 3.63) is 35.4 Å². The minimum absolute atomic E-state index is 0.451. The van der Waals surface area contributed by atoms with Crippen molar-refractivity contribution in [3.8, 4) is 11.5 Å². The molecule has 96 valence electrons. The van der Waals surface area contributed by atoms with Crippen molar-refractivity contribution in [2.75, 3.05) is 14.2 Å². The largest absolute Gasteiger partial charge is 0.493 e. The molecule has 2 rings (SSSR count). The molecule has 4 heteroatoms. The Hall–Kier alpha value is -1.12. The summed E-state index contributed by atoms with van der Waals surface area (Å²) in [5.74, 6) is 2.33. The van der Waals surface area contributed by atoms with E-state index in [-0.39, 0.29) is 0 Å². The van der Waals surface area contributed by atoms with Crippen molar-refractivity contribution >= 4 is 34.0 Å². The number of benzene rings is 2. The van der Waals surface area contributed by atoms with Crippen LogP contribution in [0.3, 0.4) is 0 Å². The van der Waals surface area contributed by atoms with E-state index in [4.69, 9.17) is 32.7 Å². The monoisotopic (exact) mass is 284 g/mol. The van der Waals surface area contributed by atoms with Gasteiger partial charge in [0.05, 0.1) is 14.2 Å². The number of hydrogen-bond donors (Lipinski definition) is 0. The van der Waals surface area contributed by atoms with Gasteiger partial charge >= 0.3 is 0 Å². The van der Waals surface area contributed by atoms with Gasteiger partial charge in [-0.3, -0.25) is 0 Å². The third kappa shape index (κ3) is 2.36. The molecule has 18 heavy (non-hydrogen) atoms. The van der Waals surface area contributed by atoms with Crippen molar-refractivity contribution in [2.45, 2.75) is 11.8 Å². The maximum atomic E-state index is 5.93. The molecule has 0 saturated heterocycles. The Kier molecular flexibility index (Phi) is 4.20. The quantitative estimate of drug-likeness (QED) is 0.778. The van der Waals surface area contributed by atoms with Crippen LogP contribution in [0.25, 0.3) is 10.8 Å². The fraction of sp³-hybridized carbons (Fsp3) is 0.286. The number of alkyl halides is 2. The first-order chi connectivity index (χ1) is 8.73. The first-order valence-corrected chi connectivity index (χ1v) is 6.59. The van der Waals surface area contributed by atoms with E-state index in [0.29, 0.717) is 23.3 Å². The van der Waals surface area contributed by atoms with Gasteiger partial charge in [-0.25, -0.2) is 0 Å². The van der Waals surface area contributed by atoms with Gasteiger partial charge in [0.15, 0.2) is 11.5 Å². The Bertz CT molecular complexity index is 470. The Morgan fingerprint density at radius 3 is 1.44 bits per heavy atom. The van der Waals surface area contributed by atoms with Gasteiger partial charge in [-0.15, -0.1) is 23.2 Å². The van der Waals surface area contributed by atoms with E-state index in [1.54, 1.807) is 14.2 Å². The predicted octanol–water partition coefficient (Wildman–Crippen LogP) is 4.33. The van der Waals surface area contributed by atoms with E-state index in [0.717, 1.165) is 21.9 Å². The molecule has 2 nitrogen and oxygen atoms in total. The standard InChI is InChI=1S/C14H14Cl2O2/c1-17-13-5-9-3-11(7-15)12(8-16)4-10(9)6-14(13)18-2/h3-6H,7-8H2,1-2H3. The smallest absolute Gasteiger partial charge is 0.161 e. The summed E-state index contributed by atoms with van der Waals surface area (Å²) in [5.41, 5.74) is 2.10. The van der Waals surface area contributed by atoms with Gasteiger partial charge < -0.3 is 9.47 Å². The average Bonchev–Trinajstić information content (AvgIpc) is 2.43. The van der Waals surface area contributed by atoms with Crippen LogP contribution in [0.2, 0.25) is 0 Å². The van der Waals surface area contributed by atoms with Gasteiger partial charge in [0, 0.05) is 11.8 Å². The fourth-order valence-electron chi connectivity index (χ4n) is 1.97. The maximum Gasteiger partial charge on any atom is 0.161 e. The molecule has 0 atom stereocenters. The second-order valence-electron chi connectivity index (χ2n) is 3.94. The highest BCUT2D eigenvalue weighted by Crippen LogP contribution is 2.34. The van der Waals surface area contributed by atoms with Crippen molar-refractivity contribution in [3.63, 3.8) is 0 Å². The van der Waals surface area contributed by atoms with E-state index >= 15 is 0 Å². The third-order valence-corrected chi connectivity index (χ3v) is 3.52. The lowest BCUT2D eigenvalue weighted by Gasteiger charge is -2.11. The van der Waals surface area contributed by atoms with Crippen molar-refractivity contribution < 1.29 is 9.47 Å².